The van der Waals surface area contributed by atoms with Crippen LogP contribution in [0.3, 0.4) is 0 Å². The van der Waals surface area contributed by atoms with Gasteiger partial charge in [-0.15, -0.1) is 0 Å². The van der Waals surface area contributed by atoms with Crippen molar-refractivity contribution < 1.29 is 4.79 Å². The highest BCUT2D eigenvalue weighted by molar-refractivity contribution is 5.81. The number of hydrogen-bond acceptors (Lipinski definition) is 2. The summed E-state index contributed by atoms with van der Waals surface area (Å²) in [4.78, 5) is 12.1. The van der Waals surface area contributed by atoms with Gasteiger partial charge in [-0.3, -0.25) is 4.79 Å². The Balaban J connectivity index is 2.29. The number of nitrogens with one attached hydrogen (secondary N) is 2. The minimum absolute atomic E-state index is 0.0743. The third kappa shape index (κ3) is 5.52. The second-order valence-corrected chi connectivity index (χ2v) is 6.17. The third-order valence-electron chi connectivity index (χ3n) is 4.70. The van der Waals surface area contributed by atoms with Crippen molar-refractivity contribution in [1.29, 1.82) is 0 Å². The number of amides is 1. The molecule has 1 fully saturated rings. The fourth-order valence-corrected chi connectivity index (χ4v) is 2.94. The average molecular weight is 268 g/mol. The summed E-state index contributed by atoms with van der Waals surface area (Å²) >= 11 is 0. The van der Waals surface area contributed by atoms with Gasteiger partial charge in [-0.25, -0.2) is 0 Å². The fraction of sp³-hybridized carbons (Fsp3) is 0.938. The molecule has 0 bridgehead atoms. The molecule has 112 valence electrons. The van der Waals surface area contributed by atoms with Gasteiger partial charge in [0, 0.05) is 6.04 Å². The van der Waals surface area contributed by atoms with Gasteiger partial charge >= 0.3 is 0 Å². The lowest BCUT2D eigenvalue weighted by atomic mass is 9.80. The maximum absolute atomic E-state index is 12.1. The van der Waals surface area contributed by atoms with Crippen LogP contribution in [0.2, 0.25) is 0 Å². The lowest BCUT2D eigenvalue weighted by molar-refractivity contribution is -0.123. The van der Waals surface area contributed by atoms with Gasteiger partial charge in [0.25, 0.3) is 0 Å². The number of carbonyl (C=O) groups excluding carboxylic acids is 1. The summed E-state index contributed by atoms with van der Waals surface area (Å²) in [6.45, 7) is 9.55. The van der Waals surface area contributed by atoms with Gasteiger partial charge in [0.15, 0.2) is 0 Å². The van der Waals surface area contributed by atoms with Crippen LogP contribution in [0.5, 0.6) is 0 Å². The first-order chi connectivity index (χ1) is 9.08. The highest BCUT2D eigenvalue weighted by atomic mass is 16.2. The predicted molar refractivity (Wildman–Crippen MR) is 81.1 cm³/mol. The van der Waals surface area contributed by atoms with Crippen LogP contribution in [0.15, 0.2) is 0 Å². The van der Waals surface area contributed by atoms with E-state index >= 15 is 0 Å². The first-order valence-electron chi connectivity index (χ1n) is 8.12. The molecular formula is C16H32N2O. The molecule has 2 N–H and O–H groups in total. The summed E-state index contributed by atoms with van der Waals surface area (Å²) < 4.78 is 0. The van der Waals surface area contributed by atoms with Crippen LogP contribution in [-0.4, -0.2) is 24.5 Å². The summed E-state index contributed by atoms with van der Waals surface area (Å²) in [6.07, 6.45) is 7.41. The zero-order valence-corrected chi connectivity index (χ0v) is 13.2. The highest BCUT2D eigenvalue weighted by Gasteiger charge is 2.23. The van der Waals surface area contributed by atoms with Crippen LogP contribution in [0.25, 0.3) is 0 Å². The summed E-state index contributed by atoms with van der Waals surface area (Å²) in [5.74, 6) is 1.70. The van der Waals surface area contributed by atoms with Crippen molar-refractivity contribution in [2.24, 2.45) is 11.8 Å². The predicted octanol–water partition coefficient (Wildman–Crippen LogP) is 3.10. The largest absolute Gasteiger partial charge is 0.352 e. The number of carbonyl (C=O) groups is 1. The molecule has 3 unspecified atom stereocenters. The Hall–Kier alpha value is -0.570. The van der Waals surface area contributed by atoms with E-state index in [2.05, 4.69) is 31.4 Å². The van der Waals surface area contributed by atoms with Crippen molar-refractivity contribution >= 4 is 5.91 Å². The molecule has 3 atom stereocenters. The smallest absolute Gasteiger partial charge is 0.237 e. The standard InChI is InChI=1S/C16H32N2O/c1-5-15(6-2)18-16(19)13(4)17-11-14-10-8-7-9-12(14)3/h12-15,17H,5-11H2,1-4H3,(H,18,19). The Bertz CT molecular complexity index is 263. The maximum Gasteiger partial charge on any atom is 0.237 e. The van der Waals surface area contributed by atoms with Gasteiger partial charge in [-0.2, -0.15) is 0 Å². The van der Waals surface area contributed by atoms with E-state index in [0.29, 0.717) is 6.04 Å². The average Bonchev–Trinajstić information content (AvgIpc) is 2.43. The molecule has 3 nitrogen and oxygen atoms in total. The van der Waals surface area contributed by atoms with Crippen LogP contribution in [0.4, 0.5) is 0 Å². The Morgan fingerprint density at radius 2 is 1.84 bits per heavy atom. The van der Waals surface area contributed by atoms with E-state index in [9.17, 15) is 4.79 Å². The Labute approximate surface area is 118 Å². The molecule has 1 amide bonds. The van der Waals surface area contributed by atoms with Crippen molar-refractivity contribution in [3.8, 4) is 0 Å². The van der Waals surface area contributed by atoms with Crippen molar-refractivity contribution in [3.05, 3.63) is 0 Å². The lowest BCUT2D eigenvalue weighted by Crippen LogP contribution is -2.47. The Kier molecular flexibility index (Phi) is 7.44. The fourth-order valence-electron chi connectivity index (χ4n) is 2.94. The molecule has 0 spiro atoms. The molecule has 0 aromatic carbocycles. The minimum atomic E-state index is -0.0743. The molecule has 0 radical (unpaired) electrons. The molecule has 3 heteroatoms. The SMILES string of the molecule is CCC(CC)NC(=O)C(C)NCC1CCCCC1C. The van der Waals surface area contributed by atoms with Crippen LogP contribution in [0, 0.1) is 11.8 Å². The van der Waals surface area contributed by atoms with E-state index in [1.807, 2.05) is 6.92 Å². The van der Waals surface area contributed by atoms with Crippen molar-refractivity contribution in [3.63, 3.8) is 0 Å². The second kappa shape index (κ2) is 8.57. The molecule has 0 aliphatic heterocycles. The van der Waals surface area contributed by atoms with Crippen LogP contribution >= 0.6 is 0 Å². The number of hydrogen-bond donors (Lipinski definition) is 2. The molecule has 0 saturated heterocycles. The normalized spacial score (nSPS) is 25.3. The van der Waals surface area contributed by atoms with Crippen molar-refractivity contribution in [2.75, 3.05) is 6.54 Å². The van der Waals surface area contributed by atoms with E-state index in [1.54, 1.807) is 0 Å². The Morgan fingerprint density at radius 1 is 1.21 bits per heavy atom. The zero-order valence-electron chi connectivity index (χ0n) is 13.2. The van der Waals surface area contributed by atoms with Crippen LogP contribution in [0.1, 0.15) is 66.2 Å². The molecule has 0 aromatic rings. The minimum Gasteiger partial charge on any atom is -0.352 e. The molecule has 1 aliphatic rings. The molecule has 1 rings (SSSR count). The van der Waals surface area contributed by atoms with Crippen molar-refractivity contribution in [2.45, 2.75) is 78.3 Å². The molecular weight excluding hydrogens is 236 g/mol. The number of rotatable bonds is 7. The highest BCUT2D eigenvalue weighted by Crippen LogP contribution is 2.28. The molecule has 0 heterocycles. The van der Waals surface area contributed by atoms with E-state index in [4.69, 9.17) is 0 Å². The van der Waals surface area contributed by atoms with E-state index < -0.39 is 0 Å². The first-order valence-corrected chi connectivity index (χ1v) is 8.12. The summed E-state index contributed by atoms with van der Waals surface area (Å²) in [6, 6.07) is 0.250. The van der Waals surface area contributed by atoms with E-state index in [0.717, 1.165) is 31.2 Å². The molecule has 1 saturated carbocycles. The zero-order chi connectivity index (χ0) is 14.3. The quantitative estimate of drug-likeness (QED) is 0.745. The van der Waals surface area contributed by atoms with Gasteiger partial charge in [0.05, 0.1) is 6.04 Å². The summed E-state index contributed by atoms with van der Waals surface area (Å²) in [5.41, 5.74) is 0. The second-order valence-electron chi connectivity index (χ2n) is 6.17. The molecule has 1 aliphatic carbocycles. The third-order valence-corrected chi connectivity index (χ3v) is 4.70. The van der Waals surface area contributed by atoms with Gasteiger partial charge < -0.3 is 10.6 Å². The van der Waals surface area contributed by atoms with Gasteiger partial charge in [-0.05, 0) is 44.6 Å². The monoisotopic (exact) mass is 268 g/mol. The first kappa shape index (κ1) is 16.5. The maximum atomic E-state index is 12.1. The van der Waals surface area contributed by atoms with Gasteiger partial charge in [0.1, 0.15) is 0 Å². The van der Waals surface area contributed by atoms with Gasteiger partial charge in [0.2, 0.25) is 5.91 Å². The van der Waals surface area contributed by atoms with Crippen LogP contribution in [-0.2, 0) is 4.79 Å². The topological polar surface area (TPSA) is 41.1 Å². The van der Waals surface area contributed by atoms with Crippen LogP contribution < -0.4 is 10.6 Å². The van der Waals surface area contributed by atoms with E-state index in [-0.39, 0.29) is 11.9 Å². The Morgan fingerprint density at radius 3 is 2.42 bits per heavy atom. The molecule has 0 aromatic heterocycles. The lowest BCUT2D eigenvalue weighted by Gasteiger charge is -2.30. The molecule has 19 heavy (non-hydrogen) atoms. The summed E-state index contributed by atoms with van der Waals surface area (Å²) in [5, 5.41) is 6.54. The summed E-state index contributed by atoms with van der Waals surface area (Å²) in [7, 11) is 0. The van der Waals surface area contributed by atoms with E-state index in [1.165, 1.54) is 25.7 Å². The van der Waals surface area contributed by atoms with Crippen molar-refractivity contribution in [1.82, 2.24) is 10.6 Å². The van der Waals surface area contributed by atoms with Gasteiger partial charge in [-0.1, -0.05) is 40.0 Å².